The second kappa shape index (κ2) is 14.2. The zero-order chi connectivity index (χ0) is 21.7. The summed E-state index contributed by atoms with van der Waals surface area (Å²) in [4.78, 5) is 44.3. The van der Waals surface area contributed by atoms with Gasteiger partial charge in [0.2, 0.25) is 0 Å². The highest BCUT2D eigenvalue weighted by Gasteiger charge is 2.33. The number of nitrogens with zero attached hydrogens (tertiary/aromatic N) is 4. The predicted molar refractivity (Wildman–Crippen MR) is 97.3 cm³/mol. The number of carbonyl (C=O) groups is 2. The Morgan fingerprint density at radius 1 is 0.857 bits per heavy atom. The Kier molecular flexibility index (Phi) is 13.3. The summed E-state index contributed by atoms with van der Waals surface area (Å²) in [5.74, 6) is -0.0167. The van der Waals surface area contributed by atoms with E-state index in [1.807, 2.05) is 0 Å². The first kappa shape index (κ1) is 26.2. The molecule has 28 heavy (non-hydrogen) atoms. The van der Waals surface area contributed by atoms with E-state index in [1.54, 1.807) is 0 Å². The second-order valence-corrected chi connectivity index (χ2v) is 6.04. The number of halogens is 2. The van der Waals surface area contributed by atoms with Crippen molar-refractivity contribution in [3.8, 4) is 0 Å². The van der Waals surface area contributed by atoms with Gasteiger partial charge in [-0.15, -0.1) is 33.0 Å². The van der Waals surface area contributed by atoms with Crippen LogP contribution in [0.25, 0.3) is 0 Å². The number of aliphatic hydroxyl groups excluding tert-OH is 4. The van der Waals surface area contributed by atoms with Crippen LogP contribution in [0.2, 0.25) is 0 Å². The summed E-state index contributed by atoms with van der Waals surface area (Å²) in [5, 5.41) is 49.1. The molecule has 0 fully saturated rings. The Hall–Kier alpha value is -1.84. The number of nitrogens with one attached hydrogen (secondary N) is 2. The normalized spacial score (nSPS) is 14.9. The molecule has 162 valence electrons. The first-order chi connectivity index (χ1) is 13.2. The van der Waals surface area contributed by atoms with Gasteiger partial charge >= 0.3 is 12.1 Å². The van der Waals surface area contributed by atoms with Crippen molar-refractivity contribution < 1.29 is 30.0 Å². The quantitative estimate of drug-likeness (QED) is 0.108. The largest absolute Gasteiger partial charge is 0.388 e. The molecule has 0 aliphatic heterocycles. The fourth-order valence-electron chi connectivity index (χ4n) is 1.80. The lowest BCUT2D eigenvalue weighted by atomic mass is 10.0. The topological polar surface area (TPSA) is 204 Å². The monoisotopic (exact) mass is 448 g/mol. The van der Waals surface area contributed by atoms with Crippen molar-refractivity contribution in [2.45, 2.75) is 24.4 Å². The number of rotatable bonds is 13. The molecule has 0 heterocycles. The minimum atomic E-state index is -2.01. The number of aliphatic hydroxyl groups is 4. The first-order valence-electron chi connectivity index (χ1n) is 7.84. The molecule has 0 aliphatic rings. The Labute approximate surface area is 169 Å². The molecular weight excluding hydrogens is 427 g/mol. The van der Waals surface area contributed by atoms with Crippen LogP contribution >= 0.6 is 23.2 Å². The third-order valence-corrected chi connectivity index (χ3v) is 3.65. The molecule has 0 rings (SSSR count). The summed E-state index contributed by atoms with van der Waals surface area (Å²) < 4.78 is 0. The summed E-state index contributed by atoms with van der Waals surface area (Å²) >= 11 is 10.7. The van der Waals surface area contributed by atoms with Gasteiger partial charge in [-0.1, -0.05) is 0 Å². The highest BCUT2D eigenvalue weighted by Crippen LogP contribution is 2.08. The zero-order valence-electron chi connectivity index (χ0n) is 14.5. The molecule has 0 saturated heterocycles. The molecule has 4 atom stereocenters. The molecule has 0 unspecified atom stereocenters. The van der Waals surface area contributed by atoms with Crippen LogP contribution in [0.3, 0.4) is 0 Å². The number of hydrogen-bond donors (Lipinski definition) is 6. The van der Waals surface area contributed by atoms with E-state index in [9.17, 15) is 39.8 Å². The summed E-state index contributed by atoms with van der Waals surface area (Å²) in [5.41, 5.74) is 0. The Morgan fingerprint density at radius 2 is 1.39 bits per heavy atom. The van der Waals surface area contributed by atoms with Crippen LogP contribution in [0.5, 0.6) is 0 Å². The molecular formula is C12H22Cl2N6O8. The van der Waals surface area contributed by atoms with Crippen LogP contribution in [0.15, 0.2) is 10.6 Å². The van der Waals surface area contributed by atoms with Gasteiger partial charge in [-0.3, -0.25) is 0 Å². The maximum absolute atomic E-state index is 11.6. The van der Waals surface area contributed by atoms with Gasteiger partial charge in [0.25, 0.3) is 0 Å². The maximum Gasteiger partial charge on any atom is 0.340 e. The predicted octanol–water partition coefficient (Wildman–Crippen LogP) is -1.71. The lowest BCUT2D eigenvalue weighted by molar-refractivity contribution is -0.107. The second-order valence-electron chi connectivity index (χ2n) is 5.28. The third kappa shape index (κ3) is 8.90. The number of amides is 4. The Bertz CT molecular complexity index is 519. The van der Waals surface area contributed by atoms with Gasteiger partial charge in [-0.25, -0.2) is 9.59 Å². The van der Waals surface area contributed by atoms with Crippen molar-refractivity contribution in [1.82, 2.24) is 20.7 Å². The molecule has 0 saturated carbocycles. The lowest BCUT2D eigenvalue weighted by Crippen LogP contribution is -2.53. The van der Waals surface area contributed by atoms with E-state index >= 15 is 0 Å². The standard InChI is InChI=1S/C12H22Cl2N6O8/c13-1-3-15-11(25)20(18-28)6-8(22)10(24)9(23)7(21)5-16-12(26)19(17-27)4-2-14/h7-10,21-24H,1-6H2,(H,15,25)(H,16,26)/t7-,8+,9+,10-/m0/s1. The van der Waals surface area contributed by atoms with Crippen LogP contribution in [0.4, 0.5) is 9.59 Å². The summed E-state index contributed by atoms with van der Waals surface area (Å²) in [6.07, 6.45) is -7.65. The van der Waals surface area contributed by atoms with Gasteiger partial charge in [-0.2, -0.15) is 10.0 Å². The number of carbonyl (C=O) groups excluding carboxylic acids is 2. The molecule has 0 aromatic rings. The zero-order valence-corrected chi connectivity index (χ0v) is 16.0. The number of urea groups is 2. The van der Waals surface area contributed by atoms with Gasteiger partial charge in [0.15, 0.2) is 0 Å². The molecule has 6 N–H and O–H groups in total. The van der Waals surface area contributed by atoms with Gasteiger partial charge in [0.05, 0.1) is 29.8 Å². The molecule has 0 radical (unpaired) electrons. The minimum Gasteiger partial charge on any atom is -0.388 e. The molecule has 14 nitrogen and oxygen atoms in total. The smallest absolute Gasteiger partial charge is 0.340 e. The van der Waals surface area contributed by atoms with E-state index < -0.39 is 49.6 Å². The molecule has 0 bridgehead atoms. The van der Waals surface area contributed by atoms with Gasteiger partial charge < -0.3 is 31.1 Å². The fraction of sp³-hybridized carbons (Fsp3) is 0.833. The van der Waals surface area contributed by atoms with Crippen LogP contribution in [0, 0.1) is 9.81 Å². The highest BCUT2D eigenvalue weighted by molar-refractivity contribution is 6.18. The van der Waals surface area contributed by atoms with Crippen molar-refractivity contribution in [2.24, 2.45) is 10.6 Å². The van der Waals surface area contributed by atoms with E-state index in [2.05, 4.69) is 21.2 Å². The molecule has 0 aliphatic carbocycles. The molecule has 0 spiro atoms. The van der Waals surface area contributed by atoms with E-state index in [0.29, 0.717) is 5.01 Å². The Balaban J connectivity index is 4.65. The average molecular weight is 449 g/mol. The number of alkyl halides is 2. The molecule has 16 heteroatoms. The van der Waals surface area contributed by atoms with E-state index in [-0.39, 0.29) is 29.9 Å². The van der Waals surface area contributed by atoms with Crippen LogP contribution in [-0.2, 0) is 0 Å². The maximum atomic E-state index is 11.6. The molecule has 4 amide bonds. The summed E-state index contributed by atoms with van der Waals surface area (Å²) in [6, 6.07) is -2.01. The highest BCUT2D eigenvalue weighted by atomic mass is 35.5. The first-order valence-corrected chi connectivity index (χ1v) is 8.91. The van der Waals surface area contributed by atoms with Crippen molar-refractivity contribution >= 4 is 35.3 Å². The molecule has 0 aromatic carbocycles. The minimum absolute atomic E-state index is 0.0163. The van der Waals surface area contributed by atoms with Crippen molar-refractivity contribution in [1.29, 1.82) is 0 Å². The van der Waals surface area contributed by atoms with Crippen molar-refractivity contribution in [3.63, 3.8) is 0 Å². The summed E-state index contributed by atoms with van der Waals surface area (Å²) in [6.45, 7) is -1.60. The lowest BCUT2D eigenvalue weighted by Gasteiger charge is -2.28. The van der Waals surface area contributed by atoms with E-state index in [4.69, 9.17) is 23.2 Å². The number of nitroso groups, excluding NO2 is 2. The summed E-state index contributed by atoms with van der Waals surface area (Å²) in [7, 11) is 0. The van der Waals surface area contributed by atoms with Gasteiger partial charge in [-0.05, 0) is 0 Å². The van der Waals surface area contributed by atoms with Crippen molar-refractivity contribution in [2.75, 3.05) is 37.9 Å². The molecule has 0 aromatic heterocycles. The van der Waals surface area contributed by atoms with Crippen LogP contribution < -0.4 is 10.6 Å². The van der Waals surface area contributed by atoms with E-state index in [1.165, 1.54) is 0 Å². The average Bonchev–Trinajstić information content (AvgIpc) is 2.70. The van der Waals surface area contributed by atoms with E-state index in [0.717, 1.165) is 0 Å². The van der Waals surface area contributed by atoms with Crippen LogP contribution in [-0.4, -0.2) is 105 Å². The van der Waals surface area contributed by atoms with Gasteiger partial charge in [0.1, 0.15) is 18.3 Å². The third-order valence-electron chi connectivity index (χ3n) is 3.29. The van der Waals surface area contributed by atoms with Crippen LogP contribution in [0.1, 0.15) is 0 Å². The number of hydrogen-bond acceptors (Lipinski definition) is 10. The SMILES string of the molecule is O=NN(CCCl)C(=O)NC[C@H](O)[C@@H](O)[C@@H](O)[C@H](O)CN(N=O)C(=O)NCCCl. The van der Waals surface area contributed by atoms with Gasteiger partial charge in [0, 0.05) is 24.8 Å². The fourth-order valence-corrected chi connectivity index (χ4v) is 2.06. The Morgan fingerprint density at radius 3 is 1.89 bits per heavy atom. The van der Waals surface area contributed by atoms with Crippen molar-refractivity contribution in [3.05, 3.63) is 9.81 Å².